The number of hydrogen-bond acceptors (Lipinski definition) is 4. The van der Waals surface area contributed by atoms with Gasteiger partial charge in [0, 0.05) is 0 Å². The van der Waals surface area contributed by atoms with Gasteiger partial charge < -0.3 is 1.43 Å². The molecule has 1 N–H and O–H groups in total. The standard InChI is InChI=1S/C3H8O4S.Na.H/c1-2-3-8(5,6)7-4;;/h4H,2-3H2,1H3;;/q;+1;-1. The topological polar surface area (TPSA) is 63.6 Å². The van der Waals surface area contributed by atoms with Crippen LogP contribution in [0.4, 0.5) is 0 Å². The van der Waals surface area contributed by atoms with Crippen molar-refractivity contribution in [1.29, 1.82) is 0 Å². The van der Waals surface area contributed by atoms with Crippen molar-refractivity contribution in [2.24, 2.45) is 0 Å². The van der Waals surface area contributed by atoms with Crippen LogP contribution in [-0.4, -0.2) is 19.4 Å². The Labute approximate surface area is 78.0 Å². The van der Waals surface area contributed by atoms with Crippen molar-refractivity contribution in [2.45, 2.75) is 13.3 Å². The van der Waals surface area contributed by atoms with Gasteiger partial charge in [0.25, 0.3) is 10.1 Å². The Morgan fingerprint density at radius 2 is 2.11 bits per heavy atom. The molecular weight excluding hydrogens is 155 g/mol. The van der Waals surface area contributed by atoms with Crippen LogP contribution < -0.4 is 29.6 Å². The van der Waals surface area contributed by atoms with Gasteiger partial charge in [0.1, 0.15) is 0 Å². The summed E-state index contributed by atoms with van der Waals surface area (Å²) < 4.78 is 23.4. The molecule has 0 aromatic carbocycles. The predicted molar refractivity (Wildman–Crippen MR) is 28.9 cm³/mol. The van der Waals surface area contributed by atoms with Crippen LogP contribution in [0.1, 0.15) is 14.8 Å². The van der Waals surface area contributed by atoms with Gasteiger partial charge in [-0.05, 0) is 6.42 Å². The second kappa shape index (κ2) is 5.64. The maximum absolute atomic E-state index is 10.1. The van der Waals surface area contributed by atoms with Crippen LogP contribution in [0.3, 0.4) is 0 Å². The molecule has 52 valence electrons. The second-order valence-corrected chi connectivity index (χ2v) is 3.01. The molecule has 0 aliphatic rings. The van der Waals surface area contributed by atoms with Gasteiger partial charge in [-0.1, -0.05) is 6.92 Å². The molecule has 0 saturated heterocycles. The Bertz CT molecular complexity index is 145. The van der Waals surface area contributed by atoms with E-state index in [1.807, 2.05) is 0 Å². The Balaban J connectivity index is -0.000000245. The van der Waals surface area contributed by atoms with Crippen LogP contribution in [0, 0.1) is 0 Å². The number of rotatable bonds is 3. The molecule has 0 aliphatic heterocycles. The van der Waals surface area contributed by atoms with Crippen LogP contribution in [-0.2, 0) is 14.5 Å². The monoisotopic (exact) mass is 164 g/mol. The summed E-state index contributed by atoms with van der Waals surface area (Å²) in [7, 11) is -3.61. The van der Waals surface area contributed by atoms with E-state index in [9.17, 15) is 8.42 Å². The fourth-order valence-electron chi connectivity index (χ4n) is 0.287. The SMILES string of the molecule is CCCS(=O)(=O)OO.[H-].[Na+]. The van der Waals surface area contributed by atoms with Gasteiger partial charge in [-0.2, -0.15) is 8.42 Å². The maximum Gasteiger partial charge on any atom is 1.00 e. The molecule has 0 aromatic heterocycles. The molecule has 9 heavy (non-hydrogen) atoms. The van der Waals surface area contributed by atoms with Crippen molar-refractivity contribution in [2.75, 3.05) is 5.75 Å². The van der Waals surface area contributed by atoms with Gasteiger partial charge in [-0.15, -0.1) is 4.33 Å². The van der Waals surface area contributed by atoms with E-state index in [1.54, 1.807) is 6.92 Å². The van der Waals surface area contributed by atoms with E-state index in [-0.39, 0.29) is 36.7 Å². The summed E-state index contributed by atoms with van der Waals surface area (Å²) in [6.07, 6.45) is 0.447. The fourth-order valence-corrected chi connectivity index (χ4v) is 0.862. The van der Waals surface area contributed by atoms with Gasteiger partial charge in [-0.25, -0.2) is 5.26 Å². The van der Waals surface area contributed by atoms with Crippen molar-refractivity contribution in [3.8, 4) is 0 Å². The molecule has 0 rings (SSSR count). The molecule has 0 aliphatic carbocycles. The zero-order valence-electron chi connectivity index (χ0n) is 6.49. The van der Waals surface area contributed by atoms with E-state index < -0.39 is 10.1 Å². The van der Waals surface area contributed by atoms with E-state index in [0.29, 0.717) is 6.42 Å². The van der Waals surface area contributed by atoms with Gasteiger partial charge in [0.2, 0.25) is 0 Å². The molecule has 0 bridgehead atoms. The third-order valence-electron chi connectivity index (χ3n) is 0.568. The van der Waals surface area contributed by atoms with E-state index in [1.165, 1.54) is 0 Å². The van der Waals surface area contributed by atoms with Crippen molar-refractivity contribution >= 4 is 10.1 Å². The first-order chi connectivity index (χ1) is 3.62. The van der Waals surface area contributed by atoms with Crippen molar-refractivity contribution in [1.82, 2.24) is 0 Å². The fraction of sp³-hybridized carbons (Fsp3) is 1.00. The quantitative estimate of drug-likeness (QED) is 0.281. The minimum atomic E-state index is -3.61. The summed E-state index contributed by atoms with van der Waals surface area (Å²) in [5.74, 6) is -0.135. The molecule has 4 nitrogen and oxygen atoms in total. The molecule has 0 unspecified atom stereocenters. The molecule has 0 radical (unpaired) electrons. The molecule has 0 aromatic rings. The zero-order chi connectivity index (χ0) is 6.62. The summed E-state index contributed by atoms with van der Waals surface area (Å²) in [6, 6.07) is 0. The molecular formula is C3H9NaO4S. The van der Waals surface area contributed by atoms with Gasteiger partial charge in [0.15, 0.2) is 0 Å². The second-order valence-electron chi connectivity index (χ2n) is 1.34. The van der Waals surface area contributed by atoms with E-state index in [4.69, 9.17) is 5.26 Å². The maximum atomic E-state index is 10.1. The van der Waals surface area contributed by atoms with Crippen LogP contribution in [0.15, 0.2) is 0 Å². The Kier molecular flexibility index (Phi) is 7.86. The zero-order valence-corrected chi connectivity index (χ0v) is 8.31. The van der Waals surface area contributed by atoms with Gasteiger partial charge in [-0.3, -0.25) is 0 Å². The molecule has 0 atom stereocenters. The first-order valence-electron chi connectivity index (χ1n) is 2.18. The minimum absolute atomic E-state index is 0. The largest absolute Gasteiger partial charge is 1.00 e. The van der Waals surface area contributed by atoms with Gasteiger partial charge >= 0.3 is 29.6 Å². The average molecular weight is 164 g/mol. The van der Waals surface area contributed by atoms with Crippen molar-refractivity contribution < 1.29 is 49.0 Å². The van der Waals surface area contributed by atoms with Crippen LogP contribution in [0.5, 0.6) is 0 Å². The minimum Gasteiger partial charge on any atom is -1.00 e. The Morgan fingerprint density at radius 3 is 2.22 bits per heavy atom. The molecule has 0 heterocycles. The molecule has 0 spiro atoms. The van der Waals surface area contributed by atoms with Crippen LogP contribution in [0.25, 0.3) is 0 Å². The summed E-state index contributed by atoms with van der Waals surface area (Å²) >= 11 is 0. The van der Waals surface area contributed by atoms with Crippen LogP contribution >= 0.6 is 0 Å². The number of hydrogen-bond donors (Lipinski definition) is 1. The van der Waals surface area contributed by atoms with Gasteiger partial charge in [0.05, 0.1) is 5.75 Å². The van der Waals surface area contributed by atoms with E-state index in [2.05, 4.69) is 4.33 Å². The summed E-state index contributed by atoms with van der Waals surface area (Å²) in [5, 5.41) is 7.64. The first-order valence-corrected chi connectivity index (χ1v) is 3.76. The summed E-state index contributed by atoms with van der Waals surface area (Å²) in [4.78, 5) is 0. The van der Waals surface area contributed by atoms with Crippen molar-refractivity contribution in [3.05, 3.63) is 0 Å². The summed E-state index contributed by atoms with van der Waals surface area (Å²) in [5.41, 5.74) is 0. The predicted octanol–water partition coefficient (Wildman–Crippen LogP) is -2.67. The third kappa shape index (κ3) is 6.76. The third-order valence-corrected chi connectivity index (χ3v) is 1.70. The average Bonchev–Trinajstić information content (AvgIpc) is 1.67. The molecule has 0 amide bonds. The summed E-state index contributed by atoms with van der Waals surface area (Å²) in [6.45, 7) is 1.68. The smallest absolute Gasteiger partial charge is 1.00 e. The molecule has 6 heteroatoms. The van der Waals surface area contributed by atoms with E-state index >= 15 is 0 Å². The molecule has 0 saturated carbocycles. The Morgan fingerprint density at radius 1 is 1.67 bits per heavy atom. The normalized spacial score (nSPS) is 10.4. The first kappa shape index (κ1) is 12.5. The van der Waals surface area contributed by atoms with E-state index in [0.717, 1.165) is 0 Å². The van der Waals surface area contributed by atoms with Crippen molar-refractivity contribution in [3.63, 3.8) is 0 Å². The van der Waals surface area contributed by atoms with Crippen LogP contribution in [0.2, 0.25) is 0 Å². The molecule has 0 fully saturated rings. The Hall–Kier alpha value is 0.870.